The number of aliphatic imine (C=N–C) groups is 1. The highest BCUT2D eigenvalue weighted by Gasteiger charge is 2.34. The van der Waals surface area contributed by atoms with Crippen molar-refractivity contribution in [1.29, 1.82) is 0 Å². The van der Waals surface area contributed by atoms with Crippen molar-refractivity contribution in [2.24, 2.45) is 4.99 Å². The van der Waals surface area contributed by atoms with Gasteiger partial charge < -0.3 is 4.74 Å². The van der Waals surface area contributed by atoms with Crippen molar-refractivity contribution in [3.63, 3.8) is 0 Å². The van der Waals surface area contributed by atoms with Crippen LogP contribution in [-0.4, -0.2) is 18.0 Å². The third-order valence-electron chi connectivity index (χ3n) is 2.89. The SMILES string of the molecule is C=CCc1c(F)c(F)c(F)c(F)c1C1=NC(C)(C)CO1. The molecule has 2 nitrogen and oxygen atoms in total. The zero-order chi connectivity index (χ0) is 15.1. The van der Waals surface area contributed by atoms with Gasteiger partial charge in [-0.05, 0) is 20.3 Å². The molecule has 0 saturated heterocycles. The van der Waals surface area contributed by atoms with Crippen LogP contribution in [0, 0.1) is 23.3 Å². The number of allylic oxidation sites excluding steroid dienone is 1. The van der Waals surface area contributed by atoms with Gasteiger partial charge in [0, 0.05) is 5.56 Å². The maximum Gasteiger partial charge on any atom is 0.220 e. The van der Waals surface area contributed by atoms with E-state index in [1.165, 1.54) is 6.08 Å². The van der Waals surface area contributed by atoms with Crippen LogP contribution in [0.15, 0.2) is 17.6 Å². The summed E-state index contributed by atoms with van der Waals surface area (Å²) >= 11 is 0. The molecule has 1 aliphatic heterocycles. The Kier molecular flexibility index (Phi) is 3.58. The molecule has 1 heterocycles. The molecule has 0 radical (unpaired) electrons. The number of benzene rings is 1. The quantitative estimate of drug-likeness (QED) is 0.361. The highest BCUT2D eigenvalue weighted by atomic mass is 19.2. The second-order valence-corrected chi connectivity index (χ2v) is 5.12. The van der Waals surface area contributed by atoms with E-state index in [1.807, 2.05) is 0 Å². The van der Waals surface area contributed by atoms with Gasteiger partial charge in [-0.2, -0.15) is 0 Å². The largest absolute Gasteiger partial charge is 0.475 e. The number of ether oxygens (including phenoxy) is 1. The fourth-order valence-electron chi connectivity index (χ4n) is 1.95. The Balaban J connectivity index is 2.71. The van der Waals surface area contributed by atoms with Crippen molar-refractivity contribution in [3.05, 3.63) is 47.1 Å². The van der Waals surface area contributed by atoms with E-state index in [9.17, 15) is 17.6 Å². The van der Waals surface area contributed by atoms with Gasteiger partial charge in [-0.3, -0.25) is 0 Å². The van der Waals surface area contributed by atoms with Crippen LogP contribution in [0.25, 0.3) is 0 Å². The fraction of sp³-hybridized carbons (Fsp3) is 0.357. The summed E-state index contributed by atoms with van der Waals surface area (Å²) in [6.07, 6.45) is 1.09. The van der Waals surface area contributed by atoms with E-state index in [0.717, 1.165) is 0 Å². The summed E-state index contributed by atoms with van der Waals surface area (Å²) in [6.45, 7) is 6.98. The van der Waals surface area contributed by atoms with E-state index in [4.69, 9.17) is 4.74 Å². The lowest BCUT2D eigenvalue weighted by Gasteiger charge is -2.12. The number of rotatable bonds is 3. The smallest absolute Gasteiger partial charge is 0.220 e. The molecule has 1 aromatic rings. The zero-order valence-electron chi connectivity index (χ0n) is 11.1. The van der Waals surface area contributed by atoms with Gasteiger partial charge in [-0.1, -0.05) is 6.08 Å². The van der Waals surface area contributed by atoms with Crippen molar-refractivity contribution in [3.8, 4) is 0 Å². The Morgan fingerprint density at radius 3 is 2.25 bits per heavy atom. The van der Waals surface area contributed by atoms with Crippen LogP contribution >= 0.6 is 0 Å². The molecule has 1 aromatic carbocycles. The van der Waals surface area contributed by atoms with Crippen LogP contribution in [0.2, 0.25) is 0 Å². The van der Waals surface area contributed by atoms with Gasteiger partial charge in [0.05, 0.1) is 11.1 Å². The average molecular weight is 287 g/mol. The van der Waals surface area contributed by atoms with Gasteiger partial charge in [-0.25, -0.2) is 22.6 Å². The molecule has 0 N–H and O–H groups in total. The Labute approximate surface area is 113 Å². The van der Waals surface area contributed by atoms with Gasteiger partial charge in [0.1, 0.15) is 6.61 Å². The Hall–Kier alpha value is -1.85. The summed E-state index contributed by atoms with van der Waals surface area (Å²) in [7, 11) is 0. The average Bonchev–Trinajstić information content (AvgIpc) is 2.74. The molecule has 0 aromatic heterocycles. The second kappa shape index (κ2) is 4.92. The molecule has 0 saturated carbocycles. The first-order chi connectivity index (χ1) is 9.28. The van der Waals surface area contributed by atoms with Gasteiger partial charge in [0.2, 0.25) is 5.90 Å². The molecule has 1 aliphatic rings. The highest BCUT2D eigenvalue weighted by molar-refractivity contribution is 5.97. The summed E-state index contributed by atoms with van der Waals surface area (Å²) in [5, 5.41) is 0. The van der Waals surface area contributed by atoms with Gasteiger partial charge in [-0.15, -0.1) is 6.58 Å². The van der Waals surface area contributed by atoms with Crippen LogP contribution in [0.1, 0.15) is 25.0 Å². The van der Waals surface area contributed by atoms with Gasteiger partial charge in [0.15, 0.2) is 23.3 Å². The summed E-state index contributed by atoms with van der Waals surface area (Å²) in [4.78, 5) is 4.07. The maximum absolute atomic E-state index is 14.0. The van der Waals surface area contributed by atoms with E-state index in [-0.39, 0.29) is 24.5 Å². The van der Waals surface area contributed by atoms with Crippen LogP contribution in [0.4, 0.5) is 17.6 Å². The van der Waals surface area contributed by atoms with Crippen LogP contribution in [-0.2, 0) is 11.2 Å². The topological polar surface area (TPSA) is 21.6 Å². The van der Waals surface area contributed by atoms with Crippen LogP contribution in [0.5, 0.6) is 0 Å². The molecule has 6 heteroatoms. The fourth-order valence-corrected chi connectivity index (χ4v) is 1.95. The Bertz CT molecular complexity index is 608. The third-order valence-corrected chi connectivity index (χ3v) is 2.89. The third kappa shape index (κ3) is 2.30. The predicted octanol–water partition coefficient (Wildman–Crippen LogP) is 3.53. The van der Waals surface area contributed by atoms with Crippen LogP contribution in [0.3, 0.4) is 0 Å². The predicted molar refractivity (Wildman–Crippen MR) is 66.7 cm³/mol. The molecule has 0 atom stereocenters. The molecule has 20 heavy (non-hydrogen) atoms. The molecule has 0 bridgehead atoms. The molecule has 0 aliphatic carbocycles. The first kappa shape index (κ1) is 14.6. The summed E-state index contributed by atoms with van der Waals surface area (Å²) in [5.41, 5.74) is -1.46. The lowest BCUT2D eigenvalue weighted by atomic mass is 10.0. The monoisotopic (exact) mass is 287 g/mol. The van der Waals surface area contributed by atoms with E-state index in [1.54, 1.807) is 13.8 Å². The highest BCUT2D eigenvalue weighted by Crippen LogP contribution is 2.29. The summed E-state index contributed by atoms with van der Waals surface area (Å²) < 4.78 is 59.6. The van der Waals surface area contributed by atoms with Gasteiger partial charge >= 0.3 is 0 Å². The molecule has 2 rings (SSSR count). The molecule has 0 fully saturated rings. The summed E-state index contributed by atoms with van der Waals surface area (Å²) in [5.74, 6) is -6.89. The van der Waals surface area contributed by atoms with E-state index in [0.29, 0.717) is 0 Å². The van der Waals surface area contributed by atoms with E-state index in [2.05, 4.69) is 11.6 Å². The standard InChI is InChI=1S/C14H13F4NO/c1-4-5-7-8(13-19-14(2,3)6-20-13)10(16)12(18)11(17)9(7)15/h4H,1,5-6H2,2-3H3. The number of hydrogen-bond acceptors (Lipinski definition) is 2. The first-order valence-electron chi connectivity index (χ1n) is 5.97. The van der Waals surface area contributed by atoms with Crippen molar-refractivity contribution >= 4 is 5.90 Å². The minimum Gasteiger partial charge on any atom is -0.475 e. The normalized spacial score (nSPS) is 16.8. The van der Waals surface area contributed by atoms with Crippen molar-refractivity contribution in [2.75, 3.05) is 6.61 Å². The van der Waals surface area contributed by atoms with E-state index < -0.39 is 34.4 Å². The van der Waals surface area contributed by atoms with Crippen molar-refractivity contribution < 1.29 is 22.3 Å². The molecule has 108 valence electrons. The van der Waals surface area contributed by atoms with Crippen LogP contribution < -0.4 is 0 Å². The van der Waals surface area contributed by atoms with Crippen molar-refractivity contribution in [2.45, 2.75) is 25.8 Å². The zero-order valence-corrected chi connectivity index (χ0v) is 11.1. The van der Waals surface area contributed by atoms with Crippen molar-refractivity contribution in [1.82, 2.24) is 0 Å². The lowest BCUT2D eigenvalue weighted by molar-refractivity contribution is 0.278. The molecule has 0 unspecified atom stereocenters. The maximum atomic E-state index is 14.0. The Morgan fingerprint density at radius 2 is 1.75 bits per heavy atom. The van der Waals surface area contributed by atoms with E-state index >= 15 is 0 Å². The minimum absolute atomic E-state index is 0.149. The number of nitrogens with zero attached hydrogens (tertiary/aromatic N) is 1. The molecular weight excluding hydrogens is 274 g/mol. The van der Waals surface area contributed by atoms with Gasteiger partial charge in [0.25, 0.3) is 0 Å². The molecule has 0 spiro atoms. The number of hydrogen-bond donors (Lipinski definition) is 0. The number of halogens is 4. The lowest BCUT2D eigenvalue weighted by Crippen LogP contribution is -2.17. The molecule has 0 amide bonds. The Morgan fingerprint density at radius 1 is 1.15 bits per heavy atom. The minimum atomic E-state index is -1.87. The second-order valence-electron chi connectivity index (χ2n) is 5.12. The summed E-state index contributed by atoms with van der Waals surface area (Å²) in [6, 6.07) is 0. The molecular formula is C14H13F4NO. The first-order valence-corrected chi connectivity index (χ1v) is 5.97.